The highest BCUT2D eigenvalue weighted by Crippen LogP contribution is 2.42. The number of nitrogen functional groups attached to an aromatic ring is 1. The van der Waals surface area contributed by atoms with Gasteiger partial charge in [-0.1, -0.05) is 82.7 Å². The van der Waals surface area contributed by atoms with E-state index in [9.17, 15) is 0 Å². The highest BCUT2D eigenvalue weighted by atomic mass is 79.9. The minimum absolute atomic E-state index is 0.510. The highest BCUT2D eigenvalue weighted by Gasteiger charge is 2.18. The summed E-state index contributed by atoms with van der Waals surface area (Å²) >= 11 is 3.82. The first-order chi connectivity index (χ1) is 19.7. The number of nitrogens with two attached hydrogens (primary N) is 1. The topological polar surface area (TPSA) is 45.4 Å². The van der Waals surface area contributed by atoms with E-state index in [0.29, 0.717) is 5.82 Å². The number of halogens is 1. The lowest BCUT2D eigenvalue weighted by atomic mass is 10.1. The number of aromatic nitrogens is 1. The Balaban J connectivity index is 1.47. The molecule has 0 aliphatic carbocycles. The Bertz CT molecular complexity index is 1670. The van der Waals surface area contributed by atoms with Gasteiger partial charge in [0.05, 0.1) is 0 Å². The average Bonchev–Trinajstić information content (AvgIpc) is 2.99. The Morgan fingerprint density at radius 3 is 1.35 bits per heavy atom. The fourth-order valence-electron chi connectivity index (χ4n) is 4.87. The lowest BCUT2D eigenvalue weighted by molar-refractivity contribution is 1.24. The number of pyridine rings is 1. The van der Waals surface area contributed by atoms with Gasteiger partial charge < -0.3 is 15.5 Å². The van der Waals surface area contributed by atoms with E-state index < -0.39 is 0 Å². The molecule has 2 N–H and O–H groups in total. The lowest BCUT2D eigenvalue weighted by Gasteiger charge is -2.30. The van der Waals surface area contributed by atoms with Gasteiger partial charge >= 0.3 is 0 Å². The maximum Gasteiger partial charge on any atom is 0.123 e. The van der Waals surface area contributed by atoms with Crippen LogP contribution in [-0.4, -0.2) is 4.98 Å². The number of para-hydroxylation sites is 3. The number of benzene rings is 5. The SMILES string of the molecule is Nc1cc(-c2ccc(N(c3ccccc3)c3cc(Br)cc(N(c4ccccc4)c4ccccc4)c3)cc2)ccn1. The van der Waals surface area contributed by atoms with Gasteiger partial charge in [0.25, 0.3) is 0 Å². The quantitative estimate of drug-likeness (QED) is 0.203. The molecule has 4 nitrogen and oxygen atoms in total. The molecular formula is C35H27BrN4. The van der Waals surface area contributed by atoms with Gasteiger partial charge in [-0.3, -0.25) is 0 Å². The third-order valence-electron chi connectivity index (χ3n) is 6.67. The molecule has 0 bridgehead atoms. The largest absolute Gasteiger partial charge is 0.384 e. The number of hydrogen-bond acceptors (Lipinski definition) is 4. The number of hydrogen-bond donors (Lipinski definition) is 1. The molecule has 194 valence electrons. The molecule has 1 aromatic heterocycles. The lowest BCUT2D eigenvalue weighted by Crippen LogP contribution is -2.13. The summed E-state index contributed by atoms with van der Waals surface area (Å²) < 4.78 is 0.988. The summed E-state index contributed by atoms with van der Waals surface area (Å²) in [4.78, 5) is 8.67. The normalized spacial score (nSPS) is 10.7. The average molecular weight is 584 g/mol. The monoisotopic (exact) mass is 582 g/mol. The fraction of sp³-hybridized carbons (Fsp3) is 0. The Morgan fingerprint density at radius 1 is 0.450 bits per heavy atom. The van der Waals surface area contributed by atoms with Gasteiger partial charge in [-0.2, -0.15) is 0 Å². The molecule has 0 saturated carbocycles. The third-order valence-corrected chi connectivity index (χ3v) is 7.12. The van der Waals surface area contributed by atoms with Gasteiger partial charge in [-0.25, -0.2) is 4.98 Å². The maximum atomic E-state index is 5.94. The molecule has 5 aromatic carbocycles. The molecule has 0 amide bonds. The van der Waals surface area contributed by atoms with E-state index in [2.05, 4.69) is 146 Å². The molecule has 40 heavy (non-hydrogen) atoms. The van der Waals surface area contributed by atoms with E-state index >= 15 is 0 Å². The molecule has 0 unspecified atom stereocenters. The molecule has 0 saturated heterocycles. The summed E-state index contributed by atoms with van der Waals surface area (Å²) in [6.45, 7) is 0. The molecule has 0 aliphatic rings. The zero-order chi connectivity index (χ0) is 27.3. The third kappa shape index (κ3) is 5.46. The Morgan fingerprint density at radius 2 is 0.900 bits per heavy atom. The molecule has 0 fully saturated rings. The second-order valence-electron chi connectivity index (χ2n) is 9.36. The van der Waals surface area contributed by atoms with Crippen molar-refractivity contribution in [3.05, 3.63) is 156 Å². The molecule has 0 radical (unpaired) electrons. The van der Waals surface area contributed by atoms with E-state index in [1.54, 1.807) is 6.20 Å². The minimum Gasteiger partial charge on any atom is -0.384 e. The molecule has 5 heteroatoms. The van der Waals surface area contributed by atoms with Crippen LogP contribution in [0.25, 0.3) is 11.1 Å². The number of anilines is 7. The molecular weight excluding hydrogens is 556 g/mol. The van der Waals surface area contributed by atoms with Gasteiger partial charge in [0.1, 0.15) is 5.82 Å². The van der Waals surface area contributed by atoms with Crippen molar-refractivity contribution >= 4 is 55.9 Å². The van der Waals surface area contributed by atoms with E-state index in [1.165, 1.54) is 0 Å². The van der Waals surface area contributed by atoms with Crippen LogP contribution in [0.1, 0.15) is 0 Å². The molecule has 0 aliphatic heterocycles. The highest BCUT2D eigenvalue weighted by molar-refractivity contribution is 9.10. The van der Waals surface area contributed by atoms with Crippen LogP contribution in [0.4, 0.5) is 39.9 Å². The Labute approximate surface area is 243 Å². The van der Waals surface area contributed by atoms with Crippen molar-refractivity contribution in [2.75, 3.05) is 15.5 Å². The van der Waals surface area contributed by atoms with Crippen molar-refractivity contribution in [3.63, 3.8) is 0 Å². The summed E-state index contributed by atoms with van der Waals surface area (Å²) in [7, 11) is 0. The van der Waals surface area contributed by atoms with Crippen LogP contribution in [0.5, 0.6) is 0 Å². The Hall–Kier alpha value is -4.87. The molecule has 6 aromatic rings. The maximum absolute atomic E-state index is 5.94. The fourth-order valence-corrected chi connectivity index (χ4v) is 5.34. The predicted octanol–water partition coefficient (Wildman–Crippen LogP) is 10.0. The van der Waals surface area contributed by atoms with E-state index in [0.717, 1.165) is 49.7 Å². The standard InChI is InChI=1S/C35H27BrN4/c36-28-23-33(39(29-10-4-1-5-11-29)30-12-6-2-7-13-30)25-34(24-28)40(31-14-8-3-9-15-31)32-18-16-26(17-19-32)27-20-21-38-35(37)22-27/h1-25H,(H2,37,38). The van der Waals surface area contributed by atoms with Crippen LogP contribution in [0.15, 0.2) is 156 Å². The van der Waals surface area contributed by atoms with Crippen molar-refractivity contribution in [1.29, 1.82) is 0 Å². The molecule has 0 spiro atoms. The minimum atomic E-state index is 0.510. The van der Waals surface area contributed by atoms with Gasteiger partial charge in [-0.05, 0) is 90.0 Å². The van der Waals surface area contributed by atoms with Crippen molar-refractivity contribution in [2.45, 2.75) is 0 Å². The second-order valence-corrected chi connectivity index (χ2v) is 10.3. The van der Waals surface area contributed by atoms with E-state index in [-0.39, 0.29) is 0 Å². The van der Waals surface area contributed by atoms with Gasteiger partial charge in [0.2, 0.25) is 0 Å². The first-order valence-electron chi connectivity index (χ1n) is 13.0. The van der Waals surface area contributed by atoms with E-state index in [4.69, 9.17) is 5.73 Å². The van der Waals surface area contributed by atoms with Crippen LogP contribution in [0, 0.1) is 0 Å². The second kappa shape index (κ2) is 11.5. The van der Waals surface area contributed by atoms with Crippen LogP contribution < -0.4 is 15.5 Å². The van der Waals surface area contributed by atoms with Crippen LogP contribution in [0.3, 0.4) is 0 Å². The first-order valence-corrected chi connectivity index (χ1v) is 13.8. The van der Waals surface area contributed by atoms with Crippen molar-refractivity contribution < 1.29 is 0 Å². The van der Waals surface area contributed by atoms with Crippen LogP contribution in [0.2, 0.25) is 0 Å². The van der Waals surface area contributed by atoms with Crippen molar-refractivity contribution in [3.8, 4) is 11.1 Å². The zero-order valence-corrected chi connectivity index (χ0v) is 23.3. The Kier molecular flexibility index (Phi) is 7.29. The smallest absolute Gasteiger partial charge is 0.123 e. The predicted molar refractivity (Wildman–Crippen MR) is 171 cm³/mol. The first kappa shape index (κ1) is 25.4. The zero-order valence-electron chi connectivity index (χ0n) is 21.7. The van der Waals surface area contributed by atoms with Gasteiger partial charge in [0.15, 0.2) is 0 Å². The summed E-state index contributed by atoms with van der Waals surface area (Å²) in [6.07, 6.45) is 1.74. The summed E-state index contributed by atoms with van der Waals surface area (Å²) in [5.74, 6) is 0.510. The van der Waals surface area contributed by atoms with Crippen LogP contribution in [-0.2, 0) is 0 Å². The summed E-state index contributed by atoms with van der Waals surface area (Å²) in [6, 6.07) is 50.3. The number of rotatable bonds is 7. The van der Waals surface area contributed by atoms with Crippen molar-refractivity contribution in [1.82, 2.24) is 4.98 Å². The molecule has 0 atom stereocenters. The summed E-state index contributed by atoms with van der Waals surface area (Å²) in [5, 5.41) is 0. The van der Waals surface area contributed by atoms with Gasteiger partial charge in [0, 0.05) is 44.8 Å². The van der Waals surface area contributed by atoms with Crippen molar-refractivity contribution in [2.24, 2.45) is 0 Å². The van der Waals surface area contributed by atoms with Crippen LogP contribution >= 0.6 is 15.9 Å². The molecule has 1 heterocycles. The molecule has 6 rings (SSSR count). The summed E-state index contributed by atoms with van der Waals surface area (Å²) in [5.41, 5.74) is 14.4. The van der Waals surface area contributed by atoms with E-state index in [1.807, 2.05) is 30.3 Å². The van der Waals surface area contributed by atoms with Gasteiger partial charge in [-0.15, -0.1) is 0 Å². The number of nitrogens with zero attached hydrogens (tertiary/aromatic N) is 3.